The minimum atomic E-state index is -0.200. The van der Waals surface area contributed by atoms with Crippen LogP contribution in [0.2, 0.25) is 5.02 Å². The lowest BCUT2D eigenvalue weighted by atomic mass is 10.1. The van der Waals surface area contributed by atoms with E-state index in [0.717, 1.165) is 11.4 Å². The van der Waals surface area contributed by atoms with Crippen LogP contribution in [0.15, 0.2) is 84.0 Å². The molecule has 0 atom stereocenters. The summed E-state index contributed by atoms with van der Waals surface area (Å²) in [5, 5.41) is 16.1. The Morgan fingerprint density at radius 2 is 1.71 bits per heavy atom. The summed E-state index contributed by atoms with van der Waals surface area (Å²) >= 11 is 7.26. The second kappa shape index (κ2) is 11.0. The zero-order valence-corrected chi connectivity index (χ0v) is 19.9. The van der Waals surface area contributed by atoms with Gasteiger partial charge in [-0.05, 0) is 55.5 Å². The smallest absolute Gasteiger partial charge is 0.234 e. The summed E-state index contributed by atoms with van der Waals surface area (Å²) in [6, 6.07) is 24.0. The molecule has 3 aromatic carbocycles. The Kier molecular flexibility index (Phi) is 7.61. The van der Waals surface area contributed by atoms with Gasteiger partial charge < -0.3 is 10.6 Å². The number of carbonyl (C=O) groups excluding carboxylic acids is 2. The van der Waals surface area contributed by atoms with Crippen molar-refractivity contribution in [3.8, 4) is 5.69 Å². The van der Waals surface area contributed by atoms with Gasteiger partial charge in [-0.2, -0.15) is 0 Å². The van der Waals surface area contributed by atoms with Crippen molar-refractivity contribution < 1.29 is 9.59 Å². The first-order valence-electron chi connectivity index (χ1n) is 10.5. The van der Waals surface area contributed by atoms with Crippen LogP contribution < -0.4 is 10.6 Å². The third-order valence-corrected chi connectivity index (χ3v) is 6.08. The molecule has 0 spiro atoms. The highest BCUT2D eigenvalue weighted by Gasteiger charge is 2.16. The second-order valence-corrected chi connectivity index (χ2v) is 8.78. The third kappa shape index (κ3) is 6.03. The average Bonchev–Trinajstić information content (AvgIpc) is 3.26. The van der Waals surface area contributed by atoms with Gasteiger partial charge in [0, 0.05) is 27.6 Å². The number of carbonyl (C=O) groups is 2. The van der Waals surface area contributed by atoms with E-state index in [1.54, 1.807) is 24.3 Å². The number of benzene rings is 3. The molecule has 1 aromatic heterocycles. The topological polar surface area (TPSA) is 88.9 Å². The van der Waals surface area contributed by atoms with E-state index in [1.807, 2.05) is 59.2 Å². The number of halogens is 1. The maximum absolute atomic E-state index is 12.6. The summed E-state index contributed by atoms with van der Waals surface area (Å²) in [5.41, 5.74) is 2.94. The quantitative estimate of drug-likeness (QED) is 0.238. The van der Waals surface area contributed by atoms with Gasteiger partial charge in [0.05, 0.1) is 12.3 Å². The lowest BCUT2D eigenvalue weighted by molar-refractivity contribution is -0.113. The number of aromatic nitrogens is 3. The summed E-state index contributed by atoms with van der Waals surface area (Å²) in [5.74, 6) is 0.591. The second-order valence-electron chi connectivity index (χ2n) is 7.40. The van der Waals surface area contributed by atoms with Gasteiger partial charge in [-0.15, -0.1) is 10.2 Å². The number of Topliss-reactive ketones (excluding diaryl/α,β-unsaturated/α-hetero) is 1. The van der Waals surface area contributed by atoms with E-state index in [0.29, 0.717) is 33.8 Å². The molecule has 0 aliphatic heterocycles. The number of thioether (sulfide) groups is 1. The van der Waals surface area contributed by atoms with E-state index in [4.69, 9.17) is 11.6 Å². The molecule has 0 bridgehead atoms. The molecule has 172 valence electrons. The molecule has 9 heteroatoms. The number of hydrogen-bond acceptors (Lipinski definition) is 6. The van der Waals surface area contributed by atoms with Crippen LogP contribution in [0.3, 0.4) is 0 Å². The van der Waals surface area contributed by atoms with Crippen LogP contribution in [0.25, 0.3) is 5.69 Å². The Morgan fingerprint density at radius 1 is 0.941 bits per heavy atom. The zero-order valence-electron chi connectivity index (χ0n) is 18.4. The molecule has 0 saturated carbocycles. The van der Waals surface area contributed by atoms with Gasteiger partial charge in [0.25, 0.3) is 0 Å². The van der Waals surface area contributed by atoms with Crippen LogP contribution in [-0.2, 0) is 11.3 Å². The van der Waals surface area contributed by atoms with Gasteiger partial charge in [0.15, 0.2) is 16.8 Å². The Hall–Kier alpha value is -3.62. The van der Waals surface area contributed by atoms with E-state index in [-0.39, 0.29) is 17.4 Å². The van der Waals surface area contributed by atoms with Crippen molar-refractivity contribution in [1.82, 2.24) is 14.8 Å². The first-order valence-corrected chi connectivity index (χ1v) is 11.9. The molecular formula is C25H22ClN5O2S. The van der Waals surface area contributed by atoms with E-state index in [1.165, 1.54) is 18.7 Å². The highest BCUT2D eigenvalue weighted by atomic mass is 35.5. The molecule has 34 heavy (non-hydrogen) atoms. The molecule has 0 fully saturated rings. The van der Waals surface area contributed by atoms with E-state index in [2.05, 4.69) is 20.8 Å². The largest absolute Gasteiger partial charge is 0.378 e. The predicted molar refractivity (Wildman–Crippen MR) is 136 cm³/mol. The Balaban J connectivity index is 1.47. The van der Waals surface area contributed by atoms with Crippen molar-refractivity contribution in [3.05, 3.63) is 95.3 Å². The van der Waals surface area contributed by atoms with Crippen molar-refractivity contribution in [2.75, 3.05) is 16.4 Å². The van der Waals surface area contributed by atoms with E-state index >= 15 is 0 Å². The molecule has 7 nitrogen and oxygen atoms in total. The molecule has 0 unspecified atom stereocenters. The number of nitrogens with zero attached hydrogens (tertiary/aromatic N) is 3. The molecular weight excluding hydrogens is 470 g/mol. The van der Waals surface area contributed by atoms with Gasteiger partial charge in [0.1, 0.15) is 0 Å². The minimum Gasteiger partial charge on any atom is -0.378 e. The number of para-hydroxylation sites is 1. The molecule has 4 aromatic rings. The van der Waals surface area contributed by atoms with Gasteiger partial charge in [-0.25, -0.2) is 0 Å². The lowest BCUT2D eigenvalue weighted by Crippen LogP contribution is -2.15. The highest BCUT2D eigenvalue weighted by Crippen LogP contribution is 2.23. The van der Waals surface area contributed by atoms with E-state index in [9.17, 15) is 9.59 Å². The van der Waals surface area contributed by atoms with Crippen LogP contribution in [0.1, 0.15) is 23.1 Å². The van der Waals surface area contributed by atoms with E-state index < -0.39 is 0 Å². The number of ketones is 1. The standard InChI is InChI=1S/C25H22ClN5O2S/c1-17(32)18-6-5-7-21(14-18)28-24(33)16-34-25-30-29-23(31(25)22-8-3-2-4-9-22)15-27-20-12-10-19(26)11-13-20/h2-14,27H,15-16H2,1H3,(H,28,33). The molecule has 1 amide bonds. The normalized spacial score (nSPS) is 10.6. The molecule has 0 radical (unpaired) electrons. The highest BCUT2D eigenvalue weighted by molar-refractivity contribution is 7.99. The maximum Gasteiger partial charge on any atom is 0.234 e. The molecule has 0 aliphatic rings. The van der Waals surface area contributed by atoms with Crippen molar-refractivity contribution in [1.29, 1.82) is 0 Å². The fourth-order valence-corrected chi connectivity index (χ4v) is 4.13. The number of amides is 1. The number of hydrogen-bond donors (Lipinski definition) is 2. The maximum atomic E-state index is 12.6. The lowest BCUT2D eigenvalue weighted by Gasteiger charge is -2.11. The SMILES string of the molecule is CC(=O)c1cccc(NC(=O)CSc2nnc(CNc3ccc(Cl)cc3)n2-c2ccccc2)c1. The first-order chi connectivity index (χ1) is 16.5. The summed E-state index contributed by atoms with van der Waals surface area (Å²) in [7, 11) is 0. The van der Waals surface area contributed by atoms with Crippen LogP contribution in [0.4, 0.5) is 11.4 Å². The number of rotatable bonds is 9. The van der Waals surface area contributed by atoms with Gasteiger partial charge in [-0.3, -0.25) is 14.2 Å². The monoisotopic (exact) mass is 491 g/mol. The van der Waals surface area contributed by atoms with Crippen molar-refractivity contribution in [3.63, 3.8) is 0 Å². The first kappa shape index (κ1) is 23.5. The van der Waals surface area contributed by atoms with Crippen LogP contribution in [0.5, 0.6) is 0 Å². The molecule has 0 aliphatic carbocycles. The van der Waals surface area contributed by atoms with Gasteiger partial charge in [-0.1, -0.05) is 53.7 Å². The molecule has 2 N–H and O–H groups in total. The van der Waals surface area contributed by atoms with Crippen LogP contribution in [-0.4, -0.2) is 32.2 Å². The van der Waals surface area contributed by atoms with Crippen LogP contribution >= 0.6 is 23.4 Å². The van der Waals surface area contributed by atoms with Crippen molar-refractivity contribution in [2.45, 2.75) is 18.6 Å². The van der Waals surface area contributed by atoms with Crippen molar-refractivity contribution >= 4 is 46.4 Å². The Bertz CT molecular complexity index is 1290. The minimum absolute atomic E-state index is 0.0545. The summed E-state index contributed by atoms with van der Waals surface area (Å²) < 4.78 is 1.93. The number of anilines is 2. The Morgan fingerprint density at radius 3 is 2.44 bits per heavy atom. The van der Waals surface area contributed by atoms with Gasteiger partial charge >= 0.3 is 0 Å². The summed E-state index contributed by atoms with van der Waals surface area (Å²) in [6.45, 7) is 1.93. The molecule has 4 rings (SSSR count). The third-order valence-electron chi connectivity index (χ3n) is 4.89. The average molecular weight is 492 g/mol. The van der Waals surface area contributed by atoms with Gasteiger partial charge in [0.2, 0.25) is 5.91 Å². The fourth-order valence-electron chi connectivity index (χ4n) is 3.24. The molecule has 1 heterocycles. The summed E-state index contributed by atoms with van der Waals surface area (Å²) in [6.07, 6.45) is 0. The fraction of sp³-hybridized carbons (Fsp3) is 0.120. The van der Waals surface area contributed by atoms with Crippen LogP contribution in [0, 0.1) is 0 Å². The number of nitrogens with one attached hydrogen (secondary N) is 2. The van der Waals surface area contributed by atoms with Crippen molar-refractivity contribution in [2.24, 2.45) is 0 Å². The zero-order chi connectivity index (χ0) is 23.9. The molecule has 0 saturated heterocycles. The predicted octanol–water partition coefficient (Wildman–Crippen LogP) is 5.47. The Labute approximate surface area is 206 Å². The summed E-state index contributed by atoms with van der Waals surface area (Å²) in [4.78, 5) is 24.1.